The quantitative estimate of drug-likeness (QED) is 0.117. The van der Waals surface area contributed by atoms with Crippen LogP contribution < -0.4 is 10.2 Å². The van der Waals surface area contributed by atoms with Crippen molar-refractivity contribution < 1.29 is 27.0 Å². The largest absolute Gasteiger partial charge is 0.440 e. The first-order valence-electron chi connectivity index (χ1n) is 15.7. The fraction of sp³-hybridized carbons (Fsp3) is 0.211. The average Bonchev–Trinajstić information content (AvgIpc) is 3.56. The SMILES string of the molecule is CC(NC(=O)c1ccc(CC(C(=O)N(c2ccccc2)c2ccc3cccc-3o2)c2ccc(C3=CCCCC3)cc2)cc1)S(=O)(=O)O.[Na]. The molecule has 48 heavy (non-hydrogen) atoms. The fourth-order valence-corrected chi connectivity index (χ4v) is 6.18. The number of nitrogens with one attached hydrogen (secondary N) is 1. The first-order valence-corrected chi connectivity index (χ1v) is 17.2. The second-order valence-electron chi connectivity index (χ2n) is 11.8. The van der Waals surface area contributed by atoms with Gasteiger partial charge < -0.3 is 9.73 Å². The van der Waals surface area contributed by atoms with E-state index in [-0.39, 0.29) is 41.0 Å². The molecule has 2 unspecified atom stereocenters. The normalized spacial score (nSPS) is 14.3. The van der Waals surface area contributed by atoms with Crippen molar-refractivity contribution in [2.45, 2.75) is 50.3 Å². The van der Waals surface area contributed by atoms with Crippen LogP contribution in [0.2, 0.25) is 0 Å². The molecule has 2 N–H and O–H groups in total. The zero-order chi connectivity index (χ0) is 33.0. The number of hydrogen-bond donors (Lipinski definition) is 2. The van der Waals surface area contributed by atoms with E-state index in [0.29, 0.717) is 23.8 Å². The summed E-state index contributed by atoms with van der Waals surface area (Å²) in [7, 11) is -4.43. The molecule has 3 aliphatic rings. The van der Waals surface area contributed by atoms with E-state index in [1.165, 1.54) is 25.3 Å². The van der Waals surface area contributed by atoms with E-state index in [9.17, 15) is 22.6 Å². The summed E-state index contributed by atoms with van der Waals surface area (Å²) >= 11 is 0. The Bertz CT molecular complexity index is 1970. The second kappa shape index (κ2) is 15.5. The maximum Gasteiger partial charge on any atom is 0.285 e. The van der Waals surface area contributed by atoms with Crippen LogP contribution in [0.15, 0.2) is 120 Å². The van der Waals surface area contributed by atoms with Crippen LogP contribution >= 0.6 is 0 Å². The van der Waals surface area contributed by atoms with Crippen LogP contribution in [0.5, 0.6) is 0 Å². The molecule has 0 saturated heterocycles. The topological polar surface area (TPSA) is 117 Å². The van der Waals surface area contributed by atoms with E-state index in [4.69, 9.17) is 4.42 Å². The predicted molar refractivity (Wildman–Crippen MR) is 189 cm³/mol. The predicted octanol–water partition coefficient (Wildman–Crippen LogP) is 7.62. The maximum atomic E-state index is 14.8. The molecular weight excluding hydrogens is 635 g/mol. The molecule has 1 radical (unpaired) electrons. The molecule has 2 atom stereocenters. The molecule has 3 aromatic rings. The molecule has 0 spiro atoms. The number of anilines is 2. The van der Waals surface area contributed by atoms with E-state index in [2.05, 4.69) is 23.5 Å². The fourth-order valence-electron chi connectivity index (χ4n) is 5.92. The van der Waals surface area contributed by atoms with Gasteiger partial charge in [0, 0.05) is 46.8 Å². The number of rotatable bonds is 10. The molecule has 8 nitrogen and oxygen atoms in total. The molecule has 241 valence electrons. The Morgan fingerprint density at radius 3 is 2.23 bits per heavy atom. The van der Waals surface area contributed by atoms with Gasteiger partial charge in [-0.25, -0.2) is 0 Å². The number of carbonyl (C=O) groups is 2. The summed E-state index contributed by atoms with van der Waals surface area (Å²) in [5.41, 5.74) is 5.97. The molecule has 10 heteroatoms. The molecule has 6 rings (SSSR count). The zero-order valence-corrected chi connectivity index (χ0v) is 29.8. The van der Waals surface area contributed by atoms with E-state index >= 15 is 0 Å². The Labute approximate surface area is 303 Å². The number of para-hydroxylation sites is 1. The van der Waals surface area contributed by atoms with Gasteiger partial charge in [-0.3, -0.25) is 19.0 Å². The van der Waals surface area contributed by atoms with Crippen LogP contribution in [0.3, 0.4) is 0 Å². The van der Waals surface area contributed by atoms with Gasteiger partial charge in [-0.05, 0) is 97.7 Å². The Hall–Kier alpha value is -3.99. The zero-order valence-electron chi connectivity index (χ0n) is 27.0. The number of amides is 2. The van der Waals surface area contributed by atoms with Crippen molar-refractivity contribution in [3.63, 3.8) is 0 Å². The van der Waals surface area contributed by atoms with E-state index in [1.807, 2.05) is 72.8 Å². The minimum atomic E-state index is -4.43. The standard InChI is InChI=1S/C38H36N2O6S.Na/c1-26(47(43,44)45)39-37(41)32-17-15-27(16-18-32)25-34(30-21-19-29(20-22-30)28-9-4-2-5-10-28)38(42)40(33-12-6-3-7-13-33)36-24-23-31-11-8-14-35(31)46-36;/h3,6-9,11-24,26,34H,2,4-5,10,25H2,1H3,(H,39,41)(H,43,44,45);. The Balaban J connectivity index is 0.00000451. The van der Waals surface area contributed by atoms with Crippen molar-refractivity contribution >= 4 is 68.6 Å². The minimum Gasteiger partial charge on any atom is -0.440 e. The minimum absolute atomic E-state index is 0. The van der Waals surface area contributed by atoms with Crippen molar-refractivity contribution in [1.29, 1.82) is 0 Å². The number of benzene rings is 3. The molecule has 0 saturated carbocycles. The van der Waals surface area contributed by atoms with Gasteiger partial charge in [-0.2, -0.15) is 8.42 Å². The Morgan fingerprint density at radius 1 is 0.854 bits per heavy atom. The summed E-state index contributed by atoms with van der Waals surface area (Å²) in [6, 6.07) is 33.8. The molecule has 3 aromatic carbocycles. The van der Waals surface area contributed by atoms with Crippen LogP contribution in [-0.4, -0.2) is 59.7 Å². The summed E-state index contributed by atoms with van der Waals surface area (Å²) in [4.78, 5) is 29.1. The van der Waals surface area contributed by atoms with Crippen LogP contribution in [-0.2, 0) is 21.3 Å². The van der Waals surface area contributed by atoms with Gasteiger partial charge in [-0.1, -0.05) is 72.8 Å². The van der Waals surface area contributed by atoms with Gasteiger partial charge in [0.1, 0.15) is 5.76 Å². The third kappa shape index (κ3) is 8.17. The summed E-state index contributed by atoms with van der Waals surface area (Å²) in [5.74, 6) is -0.362. The molecular formula is C38H36N2NaO6S. The van der Waals surface area contributed by atoms with Crippen molar-refractivity contribution in [2.24, 2.45) is 0 Å². The summed E-state index contributed by atoms with van der Waals surface area (Å²) in [6.07, 6.45) is 7.11. The summed E-state index contributed by atoms with van der Waals surface area (Å²) < 4.78 is 38.3. The molecule has 1 aliphatic heterocycles. The van der Waals surface area contributed by atoms with Crippen molar-refractivity contribution in [3.05, 3.63) is 138 Å². The van der Waals surface area contributed by atoms with Gasteiger partial charge in [-0.15, -0.1) is 0 Å². The average molecular weight is 672 g/mol. The molecule has 2 aliphatic carbocycles. The summed E-state index contributed by atoms with van der Waals surface area (Å²) in [6.45, 7) is 1.19. The maximum absolute atomic E-state index is 14.8. The van der Waals surface area contributed by atoms with Crippen molar-refractivity contribution in [1.82, 2.24) is 5.32 Å². The third-order valence-corrected chi connectivity index (χ3v) is 9.60. The van der Waals surface area contributed by atoms with E-state index in [1.54, 1.807) is 29.2 Å². The van der Waals surface area contributed by atoms with Gasteiger partial charge in [0.2, 0.25) is 11.8 Å². The van der Waals surface area contributed by atoms with Gasteiger partial charge >= 0.3 is 0 Å². The number of hydrogen-bond acceptors (Lipinski definition) is 5. The first-order chi connectivity index (χ1) is 22.7. The smallest absolute Gasteiger partial charge is 0.285 e. The van der Waals surface area contributed by atoms with E-state index in [0.717, 1.165) is 35.1 Å². The number of allylic oxidation sites excluding steroid dienone is 2. The van der Waals surface area contributed by atoms with Gasteiger partial charge in [0.25, 0.3) is 16.0 Å². The van der Waals surface area contributed by atoms with Crippen molar-refractivity contribution in [3.8, 4) is 11.3 Å². The van der Waals surface area contributed by atoms with Gasteiger partial charge in [0.15, 0.2) is 5.37 Å². The van der Waals surface area contributed by atoms with Gasteiger partial charge in [0.05, 0.1) is 11.6 Å². The Morgan fingerprint density at radius 2 is 1.56 bits per heavy atom. The van der Waals surface area contributed by atoms with Crippen LogP contribution in [0.25, 0.3) is 16.9 Å². The molecule has 0 fully saturated rings. The molecule has 0 bridgehead atoms. The molecule has 2 amide bonds. The number of fused-ring (bicyclic) bond motifs is 1. The molecule has 1 heterocycles. The second-order valence-corrected chi connectivity index (χ2v) is 13.5. The third-order valence-electron chi connectivity index (χ3n) is 8.59. The molecule has 0 aromatic heterocycles. The van der Waals surface area contributed by atoms with E-state index < -0.39 is 27.3 Å². The number of nitrogens with zero attached hydrogens (tertiary/aromatic N) is 1. The monoisotopic (exact) mass is 671 g/mol. The van der Waals surface area contributed by atoms with Crippen LogP contribution in [0.1, 0.15) is 65.6 Å². The Kier molecular flexibility index (Phi) is 11.4. The number of carbonyl (C=O) groups excluding carboxylic acids is 2. The van der Waals surface area contributed by atoms with Crippen LogP contribution in [0, 0.1) is 0 Å². The first kappa shape index (κ1) is 35.3. The summed E-state index contributed by atoms with van der Waals surface area (Å²) in [5, 5.41) is 0.829. The van der Waals surface area contributed by atoms with Crippen LogP contribution in [0.4, 0.5) is 11.6 Å². The van der Waals surface area contributed by atoms with Crippen molar-refractivity contribution in [2.75, 3.05) is 4.90 Å².